The molecular formula is C43H48Cl2Zr-2. The van der Waals surface area contributed by atoms with Crippen LogP contribution >= 0.6 is 0 Å². The van der Waals surface area contributed by atoms with E-state index in [-0.39, 0.29) is 24.8 Å². The van der Waals surface area contributed by atoms with Crippen LogP contribution in [0.2, 0.25) is 0 Å². The topological polar surface area (TPSA) is 0 Å². The Balaban J connectivity index is 0.000000302. The molecule has 0 heterocycles. The van der Waals surface area contributed by atoms with E-state index in [9.17, 15) is 0 Å². The summed E-state index contributed by atoms with van der Waals surface area (Å²) >= 11 is 1.49. The minimum atomic E-state index is 0. The monoisotopic (exact) mass is 724 g/mol. The fourth-order valence-electron chi connectivity index (χ4n) is 5.67. The Morgan fingerprint density at radius 3 is 1.63 bits per heavy atom. The molecule has 1 aliphatic rings. The molecular weight excluding hydrogens is 679 g/mol. The van der Waals surface area contributed by atoms with Gasteiger partial charge in [0.15, 0.2) is 0 Å². The number of hydrogen-bond acceptors (Lipinski definition) is 0. The standard InChI is InChI=1S/C25H34.C13H9.C5H5.2ClH.Zr/c1-3-5-7-9-11-22-13-17-24(18-14-22)21-25-19-15-23(16-20-25)12-10-8-6-4-2;1-3-7-12-10(5-1)9-11-6-2-4-8-13(11)12;1-2-4-5-3-1;;;/h13-20H,3-12H2,1-2H3;1-5,7-8H,9H2;1-5H;2*1H;/q;2*-1;;;+2/p-2. The van der Waals surface area contributed by atoms with Gasteiger partial charge in [-0.25, -0.2) is 12.1 Å². The number of hydrogen-bond donors (Lipinski definition) is 0. The summed E-state index contributed by atoms with van der Waals surface area (Å²) in [7, 11) is 0. The van der Waals surface area contributed by atoms with Crippen molar-refractivity contribution < 1.29 is 49.0 Å². The number of halogens is 2. The normalized spacial score (nSPS) is 10.5. The second-order valence-electron chi connectivity index (χ2n) is 11.7. The van der Waals surface area contributed by atoms with Crippen LogP contribution in [0.5, 0.6) is 0 Å². The van der Waals surface area contributed by atoms with Crippen LogP contribution in [0.1, 0.15) is 98.6 Å². The fraction of sp³-hybridized carbons (Fsp3) is 0.302. The van der Waals surface area contributed by atoms with E-state index in [0.29, 0.717) is 0 Å². The van der Waals surface area contributed by atoms with Gasteiger partial charge in [0, 0.05) is 0 Å². The largest absolute Gasteiger partial charge is 1.00 e. The first-order valence-corrected chi connectivity index (χ1v) is 17.9. The van der Waals surface area contributed by atoms with Crippen molar-refractivity contribution >= 4 is 3.21 Å². The molecule has 3 heteroatoms. The minimum Gasteiger partial charge on any atom is -1.00 e. The third-order valence-corrected chi connectivity index (χ3v) is 9.71. The van der Waals surface area contributed by atoms with E-state index in [2.05, 4.69) is 105 Å². The first kappa shape index (κ1) is 39.7. The van der Waals surface area contributed by atoms with Crippen LogP contribution in [0, 0.1) is 6.07 Å². The predicted octanol–water partition coefficient (Wildman–Crippen LogP) is 5.52. The van der Waals surface area contributed by atoms with Gasteiger partial charge in [-0.3, -0.25) is 0 Å². The maximum Gasteiger partial charge on any atom is -0.0253 e. The molecule has 0 saturated heterocycles. The van der Waals surface area contributed by atoms with Crippen molar-refractivity contribution in [1.82, 2.24) is 0 Å². The Morgan fingerprint density at radius 2 is 1.13 bits per heavy atom. The average molecular weight is 727 g/mol. The Labute approximate surface area is 306 Å². The zero-order valence-electron chi connectivity index (χ0n) is 27.6. The summed E-state index contributed by atoms with van der Waals surface area (Å²) < 4.78 is 1.47. The van der Waals surface area contributed by atoms with Crippen LogP contribution in [-0.2, 0) is 43.5 Å². The summed E-state index contributed by atoms with van der Waals surface area (Å²) in [6.45, 7) is 4.55. The van der Waals surface area contributed by atoms with E-state index in [0.717, 1.165) is 6.42 Å². The van der Waals surface area contributed by atoms with Crippen molar-refractivity contribution in [3.63, 3.8) is 0 Å². The van der Waals surface area contributed by atoms with Crippen LogP contribution < -0.4 is 24.8 Å². The molecule has 0 radical (unpaired) electrons. The average Bonchev–Trinajstić information content (AvgIpc) is 3.78. The zero-order chi connectivity index (χ0) is 30.8. The second-order valence-corrected chi connectivity index (χ2v) is 13.0. The SMILES string of the molecule is CCCCCCc1ccc([C](=[Zr+2])c2ccc(CCCCCC)cc2)cc1.[Cl-].[Cl-].[c-]1cccc2c1Cc1ccccc1-2.c1cc[cH-]c1. The van der Waals surface area contributed by atoms with E-state index in [1.165, 1.54) is 136 Å². The van der Waals surface area contributed by atoms with Gasteiger partial charge in [0.25, 0.3) is 0 Å². The molecule has 0 aromatic heterocycles. The molecule has 240 valence electrons. The number of benzene rings is 4. The number of fused-ring (bicyclic) bond motifs is 3. The molecule has 6 rings (SSSR count). The first-order valence-electron chi connectivity index (χ1n) is 16.7. The molecule has 0 atom stereocenters. The van der Waals surface area contributed by atoms with Crippen LogP contribution in [0.3, 0.4) is 0 Å². The molecule has 5 aromatic carbocycles. The zero-order valence-corrected chi connectivity index (χ0v) is 31.6. The van der Waals surface area contributed by atoms with Gasteiger partial charge in [-0.15, -0.1) is 5.56 Å². The molecule has 0 aliphatic heterocycles. The maximum absolute atomic E-state index is 3.30. The van der Waals surface area contributed by atoms with Gasteiger partial charge in [-0.2, -0.15) is 48.0 Å². The molecule has 46 heavy (non-hydrogen) atoms. The van der Waals surface area contributed by atoms with E-state index in [1.54, 1.807) is 0 Å². The fourth-order valence-corrected chi connectivity index (χ4v) is 6.49. The summed E-state index contributed by atoms with van der Waals surface area (Å²) in [5.41, 5.74) is 11.2. The summed E-state index contributed by atoms with van der Waals surface area (Å²) in [5.74, 6) is 0. The predicted molar refractivity (Wildman–Crippen MR) is 187 cm³/mol. The Kier molecular flexibility index (Phi) is 19.9. The van der Waals surface area contributed by atoms with Gasteiger partial charge in [0.2, 0.25) is 0 Å². The summed E-state index contributed by atoms with van der Waals surface area (Å²) in [6, 6.07) is 46.7. The first-order chi connectivity index (χ1) is 21.7. The van der Waals surface area contributed by atoms with Gasteiger partial charge in [0.05, 0.1) is 0 Å². The molecule has 0 N–H and O–H groups in total. The van der Waals surface area contributed by atoms with Gasteiger partial charge < -0.3 is 24.8 Å². The Bertz CT molecular complexity index is 1380. The molecule has 0 bridgehead atoms. The minimum absolute atomic E-state index is 0. The van der Waals surface area contributed by atoms with Gasteiger partial charge in [0.1, 0.15) is 0 Å². The quantitative estimate of drug-likeness (QED) is 0.115. The molecule has 0 fully saturated rings. The number of rotatable bonds is 12. The third-order valence-electron chi connectivity index (χ3n) is 8.30. The maximum atomic E-state index is 3.30. The summed E-state index contributed by atoms with van der Waals surface area (Å²) in [4.78, 5) is 0. The Morgan fingerprint density at radius 1 is 0.609 bits per heavy atom. The number of unbranched alkanes of at least 4 members (excludes halogenated alkanes) is 6. The third kappa shape index (κ3) is 13.0. The number of aryl methyl sites for hydroxylation is 2. The van der Waals surface area contributed by atoms with E-state index in [1.807, 2.05) is 36.4 Å². The van der Waals surface area contributed by atoms with E-state index in [4.69, 9.17) is 0 Å². The van der Waals surface area contributed by atoms with Crippen LogP contribution in [-0.4, -0.2) is 3.21 Å². The van der Waals surface area contributed by atoms with E-state index < -0.39 is 0 Å². The molecule has 1 aliphatic carbocycles. The van der Waals surface area contributed by atoms with Crippen molar-refractivity contribution in [1.29, 1.82) is 0 Å². The second kappa shape index (κ2) is 23.0. The van der Waals surface area contributed by atoms with Gasteiger partial charge >= 0.3 is 176 Å². The van der Waals surface area contributed by atoms with Crippen molar-refractivity contribution in [3.8, 4) is 11.1 Å². The molecule has 0 nitrogen and oxygen atoms in total. The van der Waals surface area contributed by atoms with Crippen molar-refractivity contribution in [2.75, 3.05) is 0 Å². The van der Waals surface area contributed by atoms with Gasteiger partial charge in [-0.1, -0.05) is 35.4 Å². The molecule has 0 amide bonds. The van der Waals surface area contributed by atoms with Crippen molar-refractivity contribution in [2.45, 2.75) is 84.5 Å². The van der Waals surface area contributed by atoms with Crippen molar-refractivity contribution in [2.24, 2.45) is 0 Å². The molecule has 0 saturated carbocycles. The van der Waals surface area contributed by atoms with E-state index >= 15 is 0 Å². The molecule has 0 unspecified atom stereocenters. The molecule has 0 spiro atoms. The smallest absolute Gasteiger partial charge is 0.0253 e. The van der Waals surface area contributed by atoms with Gasteiger partial charge in [-0.05, 0) is 6.42 Å². The Hall–Kier alpha value is -2.44. The van der Waals surface area contributed by atoms with Crippen LogP contribution in [0.25, 0.3) is 11.1 Å². The summed E-state index contributed by atoms with van der Waals surface area (Å²) in [5, 5.41) is 0. The van der Waals surface area contributed by atoms with Crippen LogP contribution in [0.4, 0.5) is 0 Å². The summed E-state index contributed by atoms with van der Waals surface area (Å²) in [6.07, 6.45) is 14.2. The van der Waals surface area contributed by atoms with Crippen molar-refractivity contribution in [3.05, 3.63) is 161 Å². The van der Waals surface area contributed by atoms with Crippen LogP contribution in [0.15, 0.2) is 121 Å². The molecule has 5 aromatic rings.